The molecule has 166 valence electrons. The van der Waals surface area contributed by atoms with Crippen LogP contribution in [0.2, 0.25) is 5.02 Å². The zero-order chi connectivity index (χ0) is 22.9. The molecule has 0 radical (unpaired) electrons. The third-order valence-corrected chi connectivity index (χ3v) is 5.96. The quantitative estimate of drug-likeness (QED) is 0.379. The summed E-state index contributed by atoms with van der Waals surface area (Å²) in [6.07, 6.45) is 0.796. The molecule has 0 saturated carbocycles. The van der Waals surface area contributed by atoms with Gasteiger partial charge in [-0.3, -0.25) is 14.5 Å². The van der Waals surface area contributed by atoms with E-state index in [4.69, 9.17) is 16.3 Å². The van der Waals surface area contributed by atoms with Crippen LogP contribution in [-0.4, -0.2) is 47.4 Å². The first-order chi connectivity index (χ1) is 14.6. The van der Waals surface area contributed by atoms with Crippen molar-refractivity contribution >= 4 is 29.3 Å². The number of nitrogens with zero attached hydrogens (tertiary/aromatic N) is 2. The zero-order valence-electron chi connectivity index (χ0n) is 17.9. The van der Waals surface area contributed by atoms with Crippen molar-refractivity contribution in [3.8, 4) is 0 Å². The Bertz CT molecular complexity index is 1050. The van der Waals surface area contributed by atoms with E-state index in [-0.39, 0.29) is 16.4 Å². The minimum absolute atomic E-state index is 0.0175. The molecule has 1 unspecified atom stereocenters. The van der Waals surface area contributed by atoms with Crippen molar-refractivity contribution in [3.05, 3.63) is 57.6 Å². The number of imide groups is 1. The second kappa shape index (κ2) is 8.80. The summed E-state index contributed by atoms with van der Waals surface area (Å²) in [5, 5.41) is 2.61. The molecule has 1 atom stereocenters. The highest BCUT2D eigenvalue weighted by Gasteiger charge is 2.50. The van der Waals surface area contributed by atoms with Crippen LogP contribution in [0.25, 0.3) is 0 Å². The number of amides is 3. The molecule has 7 nitrogen and oxygen atoms in total. The number of aromatic nitrogens is 1. The fourth-order valence-corrected chi connectivity index (χ4v) is 4.30. The predicted octanol–water partition coefficient (Wildman–Crippen LogP) is 3.58. The number of nitrogens with one attached hydrogen (secondary N) is 1. The van der Waals surface area contributed by atoms with Crippen molar-refractivity contribution in [1.82, 2.24) is 14.8 Å². The third-order valence-electron chi connectivity index (χ3n) is 5.65. The summed E-state index contributed by atoms with van der Waals surface area (Å²) in [6, 6.07) is 4.66. The number of ketones is 1. The number of carbonyl (C=O) groups excluding carboxylic acids is 3. The molecule has 2 aromatic rings. The molecule has 1 aliphatic heterocycles. The molecular formula is C22H25ClFN3O4. The summed E-state index contributed by atoms with van der Waals surface area (Å²) in [7, 11) is 1.63. The Labute approximate surface area is 185 Å². The molecule has 3 amide bonds. The Balaban J connectivity index is 1.82. The van der Waals surface area contributed by atoms with Crippen molar-refractivity contribution in [2.45, 2.75) is 39.3 Å². The van der Waals surface area contributed by atoms with E-state index in [0.717, 1.165) is 34.8 Å². The number of hydrogen-bond donors (Lipinski definition) is 1. The first kappa shape index (κ1) is 23.0. The molecule has 0 aliphatic carbocycles. The van der Waals surface area contributed by atoms with E-state index < -0.39 is 29.8 Å². The highest BCUT2D eigenvalue weighted by Crippen LogP contribution is 2.34. The van der Waals surface area contributed by atoms with E-state index in [1.165, 1.54) is 13.0 Å². The van der Waals surface area contributed by atoms with Crippen molar-refractivity contribution in [3.63, 3.8) is 0 Å². The van der Waals surface area contributed by atoms with Crippen LogP contribution in [0.15, 0.2) is 24.3 Å². The first-order valence-corrected chi connectivity index (χ1v) is 10.3. The molecule has 0 spiro atoms. The lowest BCUT2D eigenvalue weighted by Crippen LogP contribution is -2.41. The molecule has 2 heterocycles. The third kappa shape index (κ3) is 4.22. The Hall–Kier alpha value is -2.71. The van der Waals surface area contributed by atoms with Gasteiger partial charge >= 0.3 is 6.03 Å². The number of Topliss-reactive ketones (excluding diaryl/α,β-unsaturated/α-hetero) is 1. The molecular weight excluding hydrogens is 425 g/mol. The number of ether oxygens (including phenoxy) is 1. The van der Waals surface area contributed by atoms with Crippen LogP contribution in [0.3, 0.4) is 0 Å². The molecule has 3 rings (SSSR count). The Morgan fingerprint density at radius 1 is 1.26 bits per heavy atom. The number of urea groups is 1. The lowest BCUT2D eigenvalue weighted by Gasteiger charge is -2.23. The average Bonchev–Trinajstić information content (AvgIpc) is 3.10. The van der Waals surface area contributed by atoms with Gasteiger partial charge in [0.25, 0.3) is 5.91 Å². The van der Waals surface area contributed by atoms with E-state index in [0.29, 0.717) is 18.7 Å². The van der Waals surface area contributed by atoms with Gasteiger partial charge in [0.05, 0.1) is 6.54 Å². The van der Waals surface area contributed by atoms with Gasteiger partial charge in [-0.05, 0) is 45.4 Å². The van der Waals surface area contributed by atoms with Gasteiger partial charge in [-0.2, -0.15) is 0 Å². The Morgan fingerprint density at radius 2 is 1.97 bits per heavy atom. The van der Waals surface area contributed by atoms with E-state index in [1.54, 1.807) is 13.2 Å². The summed E-state index contributed by atoms with van der Waals surface area (Å²) < 4.78 is 20.5. The molecule has 1 N–H and O–H groups in total. The molecule has 0 bridgehead atoms. The van der Waals surface area contributed by atoms with E-state index in [9.17, 15) is 18.8 Å². The van der Waals surface area contributed by atoms with Crippen molar-refractivity contribution in [2.24, 2.45) is 0 Å². The van der Waals surface area contributed by atoms with E-state index in [1.807, 2.05) is 18.4 Å². The monoisotopic (exact) mass is 449 g/mol. The second-order valence-electron chi connectivity index (χ2n) is 7.78. The van der Waals surface area contributed by atoms with Gasteiger partial charge in [0.15, 0.2) is 5.78 Å². The Kier molecular flexibility index (Phi) is 6.52. The van der Waals surface area contributed by atoms with Crippen molar-refractivity contribution in [1.29, 1.82) is 0 Å². The topological polar surface area (TPSA) is 80.6 Å². The molecule has 31 heavy (non-hydrogen) atoms. The maximum atomic E-state index is 13.4. The minimum atomic E-state index is -1.49. The van der Waals surface area contributed by atoms with Gasteiger partial charge in [0.2, 0.25) is 0 Å². The summed E-state index contributed by atoms with van der Waals surface area (Å²) in [5.41, 5.74) is 0.926. The van der Waals surface area contributed by atoms with Crippen LogP contribution >= 0.6 is 11.6 Å². The van der Waals surface area contributed by atoms with Gasteiger partial charge in [0, 0.05) is 47.8 Å². The van der Waals surface area contributed by atoms with Crippen LogP contribution < -0.4 is 5.32 Å². The number of benzene rings is 1. The predicted molar refractivity (Wildman–Crippen MR) is 114 cm³/mol. The zero-order valence-corrected chi connectivity index (χ0v) is 18.7. The lowest BCUT2D eigenvalue weighted by atomic mass is 9.92. The number of carbonyl (C=O) groups is 3. The minimum Gasteiger partial charge on any atom is -0.385 e. The maximum Gasteiger partial charge on any atom is 0.325 e. The standard InChI is InChI=1S/C22H25ClFN3O4/c1-13-10-16(14(2)26(13)8-5-9-31-4)19(28)12-27-20(29)22(3,25-21(27)30)17-7-6-15(24)11-18(17)23/h6-7,10-11H,5,8-9,12H2,1-4H3,(H,25,30). The van der Waals surface area contributed by atoms with Gasteiger partial charge in [-0.1, -0.05) is 17.7 Å². The summed E-state index contributed by atoms with van der Waals surface area (Å²) in [4.78, 5) is 39.5. The number of rotatable bonds is 8. The van der Waals surface area contributed by atoms with Crippen LogP contribution in [0.1, 0.15) is 40.7 Å². The highest BCUT2D eigenvalue weighted by molar-refractivity contribution is 6.32. The molecule has 1 aromatic heterocycles. The molecule has 1 fully saturated rings. The fourth-order valence-electron chi connectivity index (χ4n) is 3.94. The molecule has 1 saturated heterocycles. The highest BCUT2D eigenvalue weighted by atomic mass is 35.5. The number of hydrogen-bond acceptors (Lipinski definition) is 4. The molecule has 1 aliphatic rings. The SMILES string of the molecule is COCCCn1c(C)cc(C(=O)CN2C(=O)NC(C)(c3ccc(F)cc3Cl)C2=O)c1C. The van der Waals surface area contributed by atoms with Gasteiger partial charge in [-0.25, -0.2) is 9.18 Å². The number of aryl methyl sites for hydroxylation is 1. The van der Waals surface area contributed by atoms with Gasteiger partial charge in [-0.15, -0.1) is 0 Å². The van der Waals surface area contributed by atoms with Gasteiger partial charge in [0.1, 0.15) is 11.4 Å². The summed E-state index contributed by atoms with van der Waals surface area (Å²) in [5.74, 6) is -1.51. The number of halogens is 2. The fraction of sp³-hybridized carbons (Fsp3) is 0.409. The largest absolute Gasteiger partial charge is 0.385 e. The normalized spacial score (nSPS) is 18.6. The van der Waals surface area contributed by atoms with E-state index in [2.05, 4.69) is 5.32 Å². The first-order valence-electron chi connectivity index (χ1n) is 9.88. The number of methoxy groups -OCH3 is 1. The smallest absolute Gasteiger partial charge is 0.325 e. The van der Waals surface area contributed by atoms with Gasteiger partial charge < -0.3 is 14.6 Å². The second-order valence-corrected chi connectivity index (χ2v) is 8.18. The van der Waals surface area contributed by atoms with Crippen molar-refractivity contribution < 1.29 is 23.5 Å². The molecule has 1 aromatic carbocycles. The van der Waals surface area contributed by atoms with Crippen LogP contribution in [0.4, 0.5) is 9.18 Å². The summed E-state index contributed by atoms with van der Waals surface area (Å²) in [6.45, 7) is 6.12. The van der Waals surface area contributed by atoms with Crippen LogP contribution in [-0.2, 0) is 21.6 Å². The van der Waals surface area contributed by atoms with Crippen LogP contribution in [0, 0.1) is 19.7 Å². The van der Waals surface area contributed by atoms with Crippen molar-refractivity contribution in [2.75, 3.05) is 20.3 Å². The summed E-state index contributed by atoms with van der Waals surface area (Å²) >= 11 is 6.11. The average molecular weight is 450 g/mol. The van der Waals surface area contributed by atoms with Crippen LogP contribution in [0.5, 0.6) is 0 Å². The maximum absolute atomic E-state index is 13.4. The Morgan fingerprint density at radius 3 is 2.61 bits per heavy atom. The molecule has 9 heteroatoms. The van der Waals surface area contributed by atoms with E-state index >= 15 is 0 Å². The lowest BCUT2D eigenvalue weighted by molar-refractivity contribution is -0.130.